The lowest BCUT2D eigenvalue weighted by molar-refractivity contribution is -0.126. The molecule has 0 spiro atoms. The van der Waals surface area contributed by atoms with Crippen molar-refractivity contribution in [2.75, 3.05) is 52.5 Å². The Morgan fingerprint density at radius 2 is 1.96 bits per heavy atom. The molecule has 1 aliphatic rings. The van der Waals surface area contributed by atoms with Gasteiger partial charge in [-0.2, -0.15) is 0 Å². The fourth-order valence-electron chi connectivity index (χ4n) is 2.60. The summed E-state index contributed by atoms with van der Waals surface area (Å²) in [4.78, 5) is 16.5. The van der Waals surface area contributed by atoms with E-state index in [1.54, 1.807) is 11.0 Å². The predicted molar refractivity (Wildman–Crippen MR) is 91.0 cm³/mol. The predicted octanol–water partition coefficient (Wildman–Crippen LogP) is 1.24. The van der Waals surface area contributed by atoms with Crippen molar-refractivity contribution in [3.8, 4) is 0 Å². The molecule has 1 amide bonds. The molecule has 0 saturated carbocycles. The number of hydrogen-bond donors (Lipinski definition) is 1. The lowest BCUT2D eigenvalue weighted by atomic mass is 10.1. The van der Waals surface area contributed by atoms with Crippen LogP contribution in [0, 0.1) is 0 Å². The first-order chi connectivity index (χ1) is 11.2. The van der Waals surface area contributed by atoms with Gasteiger partial charge in [0.05, 0.1) is 19.8 Å². The molecule has 0 radical (unpaired) electrons. The lowest BCUT2D eigenvalue weighted by Crippen LogP contribution is -2.43. The highest BCUT2D eigenvalue weighted by Crippen LogP contribution is 2.13. The number of carbonyl (C=O) groups excluding carboxylic acids is 1. The van der Waals surface area contributed by atoms with Crippen molar-refractivity contribution in [2.45, 2.75) is 6.92 Å². The molecular weight excluding hydrogens is 292 g/mol. The number of carbonyl (C=O) groups is 1. The molecule has 0 aromatic heterocycles. The van der Waals surface area contributed by atoms with Crippen molar-refractivity contribution < 1.29 is 14.6 Å². The summed E-state index contributed by atoms with van der Waals surface area (Å²) >= 11 is 0. The summed E-state index contributed by atoms with van der Waals surface area (Å²) in [5.74, 6) is -0.0475. The van der Waals surface area contributed by atoms with Crippen LogP contribution >= 0.6 is 0 Å². The first-order valence-electron chi connectivity index (χ1n) is 8.14. The molecule has 1 aliphatic heterocycles. The number of allylic oxidation sites excluding steroid dienone is 1. The monoisotopic (exact) mass is 318 g/mol. The Labute approximate surface area is 138 Å². The van der Waals surface area contributed by atoms with Gasteiger partial charge in [0.25, 0.3) is 0 Å². The van der Waals surface area contributed by atoms with Gasteiger partial charge in [0.1, 0.15) is 0 Å². The molecule has 1 fully saturated rings. The molecule has 5 heteroatoms. The third kappa shape index (κ3) is 5.78. The number of aliphatic hydroxyl groups excluding tert-OH is 1. The molecule has 1 saturated heterocycles. The maximum absolute atomic E-state index is 12.5. The number of rotatable bonds is 7. The van der Waals surface area contributed by atoms with Crippen LogP contribution in [0.4, 0.5) is 0 Å². The second-order valence-corrected chi connectivity index (χ2v) is 5.70. The van der Waals surface area contributed by atoms with E-state index < -0.39 is 0 Å². The van der Waals surface area contributed by atoms with Crippen molar-refractivity contribution in [1.29, 1.82) is 0 Å². The Morgan fingerprint density at radius 3 is 2.61 bits per heavy atom. The van der Waals surface area contributed by atoms with E-state index in [2.05, 4.69) is 4.90 Å². The zero-order chi connectivity index (χ0) is 16.5. The summed E-state index contributed by atoms with van der Waals surface area (Å²) in [6, 6.07) is 9.85. The van der Waals surface area contributed by atoms with E-state index >= 15 is 0 Å². The Bertz CT molecular complexity index is 510. The number of aliphatic hydroxyl groups is 1. The Kier molecular flexibility index (Phi) is 7.26. The Balaban J connectivity index is 1.94. The number of nitrogens with zero attached hydrogens (tertiary/aromatic N) is 2. The first-order valence-corrected chi connectivity index (χ1v) is 8.14. The standard InChI is InChI=1S/C18H26N2O3/c1-16(17-5-3-2-4-6-17)15-18(22)20(9-12-21)8-7-19-10-13-23-14-11-19/h2-6,15,21H,7-14H2,1H3/b16-15-. The first kappa shape index (κ1) is 17.7. The normalized spacial score (nSPS) is 16.3. The van der Waals surface area contributed by atoms with Gasteiger partial charge in [-0.3, -0.25) is 9.69 Å². The van der Waals surface area contributed by atoms with Gasteiger partial charge in [-0.05, 0) is 18.1 Å². The summed E-state index contributed by atoms with van der Waals surface area (Å²) in [5, 5.41) is 9.23. The topological polar surface area (TPSA) is 53.0 Å². The Morgan fingerprint density at radius 1 is 1.26 bits per heavy atom. The zero-order valence-corrected chi connectivity index (χ0v) is 13.8. The molecule has 23 heavy (non-hydrogen) atoms. The fourth-order valence-corrected chi connectivity index (χ4v) is 2.60. The molecule has 0 bridgehead atoms. The van der Waals surface area contributed by atoms with Crippen LogP contribution in [-0.2, 0) is 9.53 Å². The molecule has 1 heterocycles. The summed E-state index contributed by atoms with van der Waals surface area (Å²) in [7, 11) is 0. The van der Waals surface area contributed by atoms with Crippen LogP contribution in [0.1, 0.15) is 12.5 Å². The summed E-state index contributed by atoms with van der Waals surface area (Å²) in [5.41, 5.74) is 1.97. The highest BCUT2D eigenvalue weighted by Gasteiger charge is 2.15. The van der Waals surface area contributed by atoms with Crippen LogP contribution in [0.3, 0.4) is 0 Å². The molecule has 0 atom stereocenters. The summed E-state index contributed by atoms with van der Waals surface area (Å²) in [6.45, 7) is 7.02. The summed E-state index contributed by atoms with van der Waals surface area (Å²) < 4.78 is 5.33. The highest BCUT2D eigenvalue weighted by molar-refractivity contribution is 5.94. The lowest BCUT2D eigenvalue weighted by Gasteiger charge is -2.29. The maximum Gasteiger partial charge on any atom is 0.246 e. The second kappa shape index (κ2) is 9.45. The van der Waals surface area contributed by atoms with Crippen molar-refractivity contribution in [3.63, 3.8) is 0 Å². The van der Waals surface area contributed by atoms with Gasteiger partial charge in [-0.1, -0.05) is 30.3 Å². The fraction of sp³-hybridized carbons (Fsp3) is 0.500. The van der Waals surface area contributed by atoms with Gasteiger partial charge in [0, 0.05) is 38.8 Å². The van der Waals surface area contributed by atoms with Gasteiger partial charge >= 0.3 is 0 Å². The molecule has 126 valence electrons. The van der Waals surface area contributed by atoms with E-state index in [4.69, 9.17) is 4.74 Å². The van der Waals surface area contributed by atoms with E-state index in [-0.39, 0.29) is 12.5 Å². The summed E-state index contributed by atoms with van der Waals surface area (Å²) in [6.07, 6.45) is 1.66. The van der Waals surface area contributed by atoms with Crippen LogP contribution in [0.2, 0.25) is 0 Å². The van der Waals surface area contributed by atoms with Gasteiger partial charge in [0.2, 0.25) is 5.91 Å². The smallest absolute Gasteiger partial charge is 0.246 e. The van der Waals surface area contributed by atoms with Crippen LogP contribution in [0.25, 0.3) is 5.57 Å². The maximum atomic E-state index is 12.5. The molecule has 2 rings (SSSR count). The SMILES string of the molecule is C/C(=C/C(=O)N(CCO)CCN1CCOCC1)c1ccccc1. The minimum Gasteiger partial charge on any atom is -0.395 e. The molecule has 1 aromatic carbocycles. The van der Waals surface area contributed by atoms with Gasteiger partial charge in [-0.15, -0.1) is 0 Å². The van der Waals surface area contributed by atoms with Crippen molar-refractivity contribution in [1.82, 2.24) is 9.80 Å². The zero-order valence-electron chi connectivity index (χ0n) is 13.8. The largest absolute Gasteiger partial charge is 0.395 e. The van der Waals surface area contributed by atoms with Crippen molar-refractivity contribution >= 4 is 11.5 Å². The molecule has 0 aliphatic carbocycles. The van der Waals surface area contributed by atoms with E-state index in [1.165, 1.54) is 0 Å². The third-order valence-corrected chi connectivity index (χ3v) is 4.04. The van der Waals surface area contributed by atoms with E-state index in [9.17, 15) is 9.90 Å². The molecule has 1 N–H and O–H groups in total. The number of morpholine rings is 1. The average molecular weight is 318 g/mol. The minimum atomic E-state index is -0.0475. The second-order valence-electron chi connectivity index (χ2n) is 5.70. The van der Waals surface area contributed by atoms with Gasteiger partial charge < -0.3 is 14.7 Å². The van der Waals surface area contributed by atoms with Crippen LogP contribution < -0.4 is 0 Å². The van der Waals surface area contributed by atoms with Crippen LogP contribution in [-0.4, -0.2) is 73.4 Å². The average Bonchev–Trinajstić information content (AvgIpc) is 2.60. The quantitative estimate of drug-likeness (QED) is 0.769. The van der Waals surface area contributed by atoms with Crippen LogP contribution in [0.5, 0.6) is 0 Å². The molecular formula is C18H26N2O3. The third-order valence-electron chi connectivity index (χ3n) is 4.04. The Hall–Kier alpha value is -1.69. The highest BCUT2D eigenvalue weighted by atomic mass is 16.5. The molecule has 5 nitrogen and oxygen atoms in total. The molecule has 1 aromatic rings. The molecule has 0 unspecified atom stereocenters. The van der Waals surface area contributed by atoms with E-state index in [1.807, 2.05) is 37.3 Å². The van der Waals surface area contributed by atoms with Crippen molar-refractivity contribution in [3.05, 3.63) is 42.0 Å². The number of benzene rings is 1. The number of amides is 1. The van der Waals surface area contributed by atoms with Crippen molar-refractivity contribution in [2.24, 2.45) is 0 Å². The van der Waals surface area contributed by atoms with Crippen LogP contribution in [0.15, 0.2) is 36.4 Å². The van der Waals surface area contributed by atoms with Gasteiger partial charge in [-0.25, -0.2) is 0 Å². The number of ether oxygens (including phenoxy) is 1. The number of hydrogen-bond acceptors (Lipinski definition) is 4. The minimum absolute atomic E-state index is 0.0208. The van der Waals surface area contributed by atoms with E-state index in [0.717, 1.165) is 44.0 Å². The van der Waals surface area contributed by atoms with Gasteiger partial charge in [0.15, 0.2) is 0 Å². The van der Waals surface area contributed by atoms with E-state index in [0.29, 0.717) is 13.1 Å².